The molecule has 1 aliphatic heterocycles. The number of carbonyl (C=O) groups is 3. The molecule has 0 aliphatic carbocycles. The van der Waals surface area contributed by atoms with E-state index in [1.807, 2.05) is 6.07 Å². The van der Waals surface area contributed by atoms with E-state index in [1.54, 1.807) is 62.4 Å². The fourth-order valence-electron chi connectivity index (χ4n) is 2.92. The van der Waals surface area contributed by atoms with Crippen molar-refractivity contribution in [2.24, 2.45) is 0 Å². The van der Waals surface area contributed by atoms with Crippen LogP contribution in [0, 0.1) is 0 Å². The molecule has 1 heterocycles. The number of carbonyl (C=O) groups excluding carboxylic acids is 3. The smallest absolute Gasteiger partial charge is 0.261 e. The lowest BCUT2D eigenvalue weighted by Crippen LogP contribution is -2.51. The predicted octanol–water partition coefficient (Wildman–Crippen LogP) is 2.80. The molecule has 0 saturated heterocycles. The van der Waals surface area contributed by atoms with E-state index in [4.69, 9.17) is 0 Å². The second kappa shape index (κ2) is 6.28. The van der Waals surface area contributed by atoms with Gasteiger partial charge in [0.1, 0.15) is 5.92 Å². The van der Waals surface area contributed by atoms with E-state index >= 15 is 0 Å². The Morgan fingerprint density at radius 1 is 1.00 bits per heavy atom. The highest BCUT2D eigenvalue weighted by Gasteiger charge is 2.43. The van der Waals surface area contributed by atoms with Gasteiger partial charge in [-0.15, -0.1) is 0 Å². The largest absolute Gasteiger partial charge is 0.325 e. The van der Waals surface area contributed by atoms with Crippen molar-refractivity contribution in [2.45, 2.75) is 25.8 Å². The number of anilines is 1. The fourth-order valence-corrected chi connectivity index (χ4v) is 2.92. The summed E-state index contributed by atoms with van der Waals surface area (Å²) in [4.78, 5) is 39.3. The quantitative estimate of drug-likeness (QED) is 0.698. The van der Waals surface area contributed by atoms with E-state index in [0.717, 1.165) is 4.90 Å². The fraction of sp³-hybridized carbons (Fsp3) is 0.211. The third kappa shape index (κ3) is 2.69. The lowest BCUT2D eigenvalue weighted by Gasteiger charge is -2.34. The zero-order valence-electron chi connectivity index (χ0n) is 13.5. The van der Waals surface area contributed by atoms with Gasteiger partial charge in [-0.05, 0) is 37.6 Å². The Balaban J connectivity index is 2.02. The first kappa shape index (κ1) is 15.9. The van der Waals surface area contributed by atoms with Crippen molar-refractivity contribution in [3.63, 3.8) is 0 Å². The molecule has 1 unspecified atom stereocenters. The molecule has 3 rings (SSSR count). The average molecular weight is 322 g/mol. The minimum Gasteiger partial charge on any atom is -0.325 e. The molecule has 2 aromatic rings. The van der Waals surface area contributed by atoms with Gasteiger partial charge >= 0.3 is 0 Å². The van der Waals surface area contributed by atoms with Gasteiger partial charge in [-0.2, -0.15) is 0 Å². The van der Waals surface area contributed by atoms with E-state index in [9.17, 15) is 14.4 Å². The Kier molecular flexibility index (Phi) is 4.16. The third-order valence-electron chi connectivity index (χ3n) is 4.03. The van der Waals surface area contributed by atoms with Gasteiger partial charge < -0.3 is 5.32 Å². The van der Waals surface area contributed by atoms with Crippen LogP contribution in [0.15, 0.2) is 54.6 Å². The van der Waals surface area contributed by atoms with Gasteiger partial charge in [-0.25, -0.2) is 0 Å². The number of rotatable bonds is 3. The Labute approximate surface area is 140 Å². The molecule has 5 heteroatoms. The summed E-state index contributed by atoms with van der Waals surface area (Å²) in [6.07, 6.45) is 0. The van der Waals surface area contributed by atoms with Crippen molar-refractivity contribution < 1.29 is 14.4 Å². The molecule has 0 aromatic heterocycles. The summed E-state index contributed by atoms with van der Waals surface area (Å²) in [6, 6.07) is 15.4. The minimum absolute atomic E-state index is 0.314. The Hall–Kier alpha value is -2.95. The molecular weight excluding hydrogens is 304 g/mol. The number of imide groups is 1. The van der Waals surface area contributed by atoms with Crippen LogP contribution in [0.25, 0.3) is 0 Å². The maximum absolute atomic E-state index is 12.8. The Morgan fingerprint density at radius 2 is 1.62 bits per heavy atom. The number of nitrogens with one attached hydrogen (secondary N) is 1. The van der Waals surface area contributed by atoms with Gasteiger partial charge in [0.2, 0.25) is 11.8 Å². The van der Waals surface area contributed by atoms with Gasteiger partial charge in [0.15, 0.2) is 0 Å². The number of fused-ring (bicyclic) bond motifs is 1. The molecule has 5 nitrogen and oxygen atoms in total. The lowest BCUT2D eigenvalue weighted by molar-refractivity contribution is -0.136. The maximum Gasteiger partial charge on any atom is 0.261 e. The highest BCUT2D eigenvalue weighted by molar-refractivity contribution is 6.21. The average Bonchev–Trinajstić information content (AvgIpc) is 2.55. The van der Waals surface area contributed by atoms with Gasteiger partial charge in [0, 0.05) is 17.3 Å². The van der Waals surface area contributed by atoms with E-state index in [0.29, 0.717) is 16.8 Å². The Bertz CT molecular complexity index is 799. The van der Waals surface area contributed by atoms with Crippen LogP contribution in [0.2, 0.25) is 0 Å². The first-order chi connectivity index (χ1) is 11.5. The molecule has 1 atom stereocenters. The SMILES string of the molecule is CC(C)N1C(=O)c2ccccc2C(C(=O)Nc2ccccc2)C1=O. The van der Waals surface area contributed by atoms with Crippen LogP contribution in [0.3, 0.4) is 0 Å². The van der Waals surface area contributed by atoms with Crippen molar-refractivity contribution in [2.75, 3.05) is 5.32 Å². The van der Waals surface area contributed by atoms with E-state index in [2.05, 4.69) is 5.32 Å². The summed E-state index contributed by atoms with van der Waals surface area (Å²) in [5, 5.41) is 2.76. The molecule has 0 spiro atoms. The summed E-state index contributed by atoms with van der Waals surface area (Å²) >= 11 is 0. The normalized spacial score (nSPS) is 17.0. The van der Waals surface area contributed by atoms with Crippen molar-refractivity contribution in [1.29, 1.82) is 0 Å². The summed E-state index contributed by atoms with van der Waals surface area (Å²) in [7, 11) is 0. The second-order valence-electron chi connectivity index (χ2n) is 5.98. The van der Waals surface area contributed by atoms with E-state index < -0.39 is 17.7 Å². The maximum atomic E-state index is 12.8. The van der Waals surface area contributed by atoms with Crippen LogP contribution in [-0.4, -0.2) is 28.7 Å². The van der Waals surface area contributed by atoms with Gasteiger partial charge in [-0.1, -0.05) is 36.4 Å². The molecule has 0 saturated carbocycles. The van der Waals surface area contributed by atoms with Crippen LogP contribution in [-0.2, 0) is 9.59 Å². The lowest BCUT2D eigenvalue weighted by atomic mass is 9.87. The van der Waals surface area contributed by atoms with Crippen LogP contribution in [0.1, 0.15) is 35.7 Å². The first-order valence-electron chi connectivity index (χ1n) is 7.83. The number of amides is 3. The molecule has 1 N–H and O–H groups in total. The van der Waals surface area contributed by atoms with E-state index in [1.165, 1.54) is 0 Å². The van der Waals surface area contributed by atoms with Gasteiger partial charge in [0.25, 0.3) is 5.91 Å². The highest BCUT2D eigenvalue weighted by atomic mass is 16.2. The van der Waals surface area contributed by atoms with Crippen LogP contribution in [0.4, 0.5) is 5.69 Å². The molecule has 2 aromatic carbocycles. The number of hydrogen-bond donors (Lipinski definition) is 1. The summed E-state index contributed by atoms with van der Waals surface area (Å²) in [5.74, 6) is -2.30. The summed E-state index contributed by atoms with van der Waals surface area (Å²) in [5.41, 5.74) is 1.47. The zero-order valence-corrected chi connectivity index (χ0v) is 13.5. The van der Waals surface area contributed by atoms with Crippen molar-refractivity contribution in [1.82, 2.24) is 4.90 Å². The van der Waals surface area contributed by atoms with E-state index in [-0.39, 0.29) is 11.9 Å². The van der Waals surface area contributed by atoms with Crippen LogP contribution < -0.4 is 5.32 Å². The van der Waals surface area contributed by atoms with Crippen molar-refractivity contribution >= 4 is 23.4 Å². The van der Waals surface area contributed by atoms with Crippen molar-refractivity contribution in [3.8, 4) is 0 Å². The number of hydrogen-bond acceptors (Lipinski definition) is 3. The number of para-hydroxylation sites is 1. The minimum atomic E-state index is -1.03. The first-order valence-corrected chi connectivity index (χ1v) is 7.83. The molecule has 0 bridgehead atoms. The standard InChI is InChI=1S/C19H18N2O3/c1-12(2)21-18(23)15-11-7-6-10-14(15)16(19(21)24)17(22)20-13-8-4-3-5-9-13/h3-12,16H,1-2H3,(H,20,22). The number of nitrogens with zero attached hydrogens (tertiary/aromatic N) is 1. The summed E-state index contributed by atoms with van der Waals surface area (Å²) in [6.45, 7) is 3.52. The van der Waals surface area contributed by atoms with Crippen LogP contribution >= 0.6 is 0 Å². The monoisotopic (exact) mass is 322 g/mol. The molecule has 122 valence electrons. The molecule has 3 amide bonds. The third-order valence-corrected chi connectivity index (χ3v) is 4.03. The molecule has 24 heavy (non-hydrogen) atoms. The molecule has 0 fully saturated rings. The molecule has 0 radical (unpaired) electrons. The second-order valence-corrected chi connectivity index (χ2v) is 5.98. The summed E-state index contributed by atoms with van der Waals surface area (Å²) < 4.78 is 0. The van der Waals surface area contributed by atoms with Gasteiger partial charge in [0.05, 0.1) is 0 Å². The zero-order chi connectivity index (χ0) is 17.3. The van der Waals surface area contributed by atoms with Gasteiger partial charge in [-0.3, -0.25) is 19.3 Å². The van der Waals surface area contributed by atoms with Crippen LogP contribution in [0.5, 0.6) is 0 Å². The highest BCUT2D eigenvalue weighted by Crippen LogP contribution is 2.31. The molecule has 1 aliphatic rings. The Morgan fingerprint density at radius 3 is 2.29 bits per heavy atom. The topological polar surface area (TPSA) is 66.5 Å². The predicted molar refractivity (Wildman–Crippen MR) is 90.6 cm³/mol. The van der Waals surface area contributed by atoms with Crippen molar-refractivity contribution in [3.05, 3.63) is 65.7 Å². The number of benzene rings is 2. The molecular formula is C19H18N2O3.